The Morgan fingerprint density at radius 3 is 2.14 bits per heavy atom. The standard InChI is InChI=1S/C17H19ClN2O2/c1-19(2)17(21)20(3)15-11-13(7-10-16(15)22-4)12-5-8-14(18)9-6-12/h5-11H,1-4H3. The Morgan fingerprint density at radius 1 is 1.00 bits per heavy atom. The van der Waals surface area contributed by atoms with Crippen molar-refractivity contribution in [1.29, 1.82) is 0 Å². The maximum Gasteiger partial charge on any atom is 0.323 e. The van der Waals surface area contributed by atoms with Crippen LogP contribution in [-0.2, 0) is 0 Å². The van der Waals surface area contributed by atoms with E-state index in [1.807, 2.05) is 42.5 Å². The fourth-order valence-electron chi connectivity index (χ4n) is 2.18. The Hall–Kier alpha value is -2.20. The summed E-state index contributed by atoms with van der Waals surface area (Å²) in [7, 11) is 6.75. The van der Waals surface area contributed by atoms with E-state index < -0.39 is 0 Å². The Balaban J connectivity index is 2.46. The largest absolute Gasteiger partial charge is 0.495 e. The molecule has 0 bridgehead atoms. The van der Waals surface area contributed by atoms with Crippen molar-refractivity contribution in [2.75, 3.05) is 33.2 Å². The number of halogens is 1. The van der Waals surface area contributed by atoms with Crippen molar-refractivity contribution in [2.24, 2.45) is 0 Å². The molecule has 2 rings (SSSR count). The molecule has 0 heterocycles. The second-order valence-corrected chi connectivity index (χ2v) is 5.57. The molecule has 4 nitrogen and oxygen atoms in total. The molecule has 0 unspecified atom stereocenters. The van der Waals surface area contributed by atoms with E-state index >= 15 is 0 Å². The quantitative estimate of drug-likeness (QED) is 0.852. The monoisotopic (exact) mass is 318 g/mol. The summed E-state index contributed by atoms with van der Waals surface area (Å²) in [6, 6.07) is 13.2. The van der Waals surface area contributed by atoms with Gasteiger partial charge in [-0.2, -0.15) is 0 Å². The average Bonchev–Trinajstić information content (AvgIpc) is 2.53. The molecule has 2 aromatic rings. The molecule has 116 valence electrons. The second kappa shape index (κ2) is 6.71. The van der Waals surface area contributed by atoms with E-state index in [1.54, 1.807) is 33.2 Å². The van der Waals surface area contributed by atoms with E-state index in [0.717, 1.165) is 11.1 Å². The number of methoxy groups -OCH3 is 1. The normalized spacial score (nSPS) is 10.2. The molecule has 0 spiro atoms. The SMILES string of the molecule is COc1ccc(-c2ccc(Cl)cc2)cc1N(C)C(=O)N(C)C. The van der Waals surface area contributed by atoms with Gasteiger partial charge in [0, 0.05) is 26.2 Å². The van der Waals surface area contributed by atoms with E-state index in [2.05, 4.69) is 0 Å². The lowest BCUT2D eigenvalue weighted by Crippen LogP contribution is -2.36. The lowest BCUT2D eigenvalue weighted by molar-refractivity contribution is 0.225. The molecule has 0 atom stereocenters. The Bertz CT molecular complexity index is 669. The average molecular weight is 319 g/mol. The number of nitrogens with zero attached hydrogens (tertiary/aromatic N) is 2. The molecule has 5 heteroatoms. The minimum atomic E-state index is -0.119. The molecule has 0 radical (unpaired) electrons. The van der Waals surface area contributed by atoms with Crippen molar-refractivity contribution >= 4 is 23.3 Å². The summed E-state index contributed by atoms with van der Waals surface area (Å²) in [5.74, 6) is 0.649. The topological polar surface area (TPSA) is 32.8 Å². The van der Waals surface area contributed by atoms with Crippen LogP contribution in [0.1, 0.15) is 0 Å². The Labute approximate surface area is 135 Å². The van der Waals surface area contributed by atoms with Crippen LogP contribution in [0.25, 0.3) is 11.1 Å². The minimum absolute atomic E-state index is 0.119. The molecule has 2 amide bonds. The summed E-state index contributed by atoms with van der Waals surface area (Å²) >= 11 is 5.93. The molecule has 0 aromatic heterocycles. The van der Waals surface area contributed by atoms with Crippen molar-refractivity contribution in [2.45, 2.75) is 0 Å². The number of benzene rings is 2. The van der Waals surface area contributed by atoms with Gasteiger partial charge in [0.1, 0.15) is 5.75 Å². The van der Waals surface area contributed by atoms with Gasteiger partial charge in [0.2, 0.25) is 0 Å². The van der Waals surface area contributed by atoms with Crippen LogP contribution in [0.2, 0.25) is 5.02 Å². The van der Waals surface area contributed by atoms with Gasteiger partial charge in [-0.25, -0.2) is 4.79 Å². The van der Waals surface area contributed by atoms with E-state index in [4.69, 9.17) is 16.3 Å². The second-order valence-electron chi connectivity index (χ2n) is 5.13. The number of amides is 2. The summed E-state index contributed by atoms with van der Waals surface area (Å²) in [5.41, 5.74) is 2.73. The Morgan fingerprint density at radius 2 is 1.59 bits per heavy atom. The first kappa shape index (κ1) is 16.2. The van der Waals surface area contributed by atoms with E-state index in [1.165, 1.54) is 4.90 Å². The number of hydrogen-bond donors (Lipinski definition) is 0. The van der Waals surface area contributed by atoms with Gasteiger partial charge in [-0.05, 0) is 35.4 Å². The summed E-state index contributed by atoms with van der Waals surface area (Å²) in [6.45, 7) is 0. The van der Waals surface area contributed by atoms with Crippen LogP contribution in [0.4, 0.5) is 10.5 Å². The molecule has 2 aromatic carbocycles. The van der Waals surface area contributed by atoms with E-state index in [9.17, 15) is 4.79 Å². The zero-order chi connectivity index (χ0) is 16.3. The van der Waals surface area contributed by atoms with Crippen LogP contribution in [0.15, 0.2) is 42.5 Å². The molecule has 22 heavy (non-hydrogen) atoms. The smallest absolute Gasteiger partial charge is 0.323 e. The van der Waals surface area contributed by atoms with Crippen molar-refractivity contribution in [1.82, 2.24) is 4.90 Å². The molecule has 0 N–H and O–H groups in total. The Kier molecular flexibility index (Phi) is 4.93. The lowest BCUT2D eigenvalue weighted by atomic mass is 10.0. The van der Waals surface area contributed by atoms with Crippen molar-refractivity contribution in [3.63, 3.8) is 0 Å². The highest BCUT2D eigenvalue weighted by Crippen LogP contribution is 2.33. The first-order valence-electron chi connectivity index (χ1n) is 6.83. The minimum Gasteiger partial charge on any atom is -0.495 e. The van der Waals surface area contributed by atoms with Gasteiger partial charge in [0.15, 0.2) is 0 Å². The van der Waals surface area contributed by atoms with Gasteiger partial charge in [0.05, 0.1) is 12.8 Å². The van der Waals surface area contributed by atoms with E-state index in [-0.39, 0.29) is 6.03 Å². The van der Waals surface area contributed by atoms with Crippen LogP contribution in [0, 0.1) is 0 Å². The maximum absolute atomic E-state index is 12.2. The van der Waals surface area contributed by atoms with Gasteiger partial charge < -0.3 is 9.64 Å². The first-order valence-corrected chi connectivity index (χ1v) is 7.21. The van der Waals surface area contributed by atoms with Crippen molar-refractivity contribution in [3.8, 4) is 16.9 Å². The number of carbonyl (C=O) groups is 1. The molecule has 0 aliphatic rings. The third-order valence-corrected chi connectivity index (χ3v) is 3.64. The fourth-order valence-corrected chi connectivity index (χ4v) is 2.30. The number of ether oxygens (including phenoxy) is 1. The van der Waals surface area contributed by atoms with Gasteiger partial charge in [0.25, 0.3) is 0 Å². The molecule has 0 fully saturated rings. The number of carbonyl (C=O) groups excluding carboxylic acids is 1. The number of hydrogen-bond acceptors (Lipinski definition) is 2. The van der Waals surface area contributed by atoms with E-state index in [0.29, 0.717) is 16.5 Å². The maximum atomic E-state index is 12.2. The zero-order valence-corrected chi connectivity index (χ0v) is 13.9. The summed E-state index contributed by atoms with van der Waals surface area (Å²) in [5, 5.41) is 0.692. The zero-order valence-electron chi connectivity index (χ0n) is 13.1. The fraction of sp³-hybridized carbons (Fsp3) is 0.235. The third-order valence-electron chi connectivity index (χ3n) is 3.39. The third kappa shape index (κ3) is 3.34. The predicted molar refractivity (Wildman–Crippen MR) is 90.9 cm³/mol. The predicted octanol–water partition coefficient (Wildman–Crippen LogP) is 4.13. The molecule has 0 saturated heterocycles. The van der Waals surface area contributed by atoms with Gasteiger partial charge in [-0.1, -0.05) is 29.8 Å². The van der Waals surface area contributed by atoms with Crippen molar-refractivity contribution in [3.05, 3.63) is 47.5 Å². The summed E-state index contributed by atoms with van der Waals surface area (Å²) in [6.07, 6.45) is 0. The highest BCUT2D eigenvalue weighted by molar-refractivity contribution is 6.30. The molecular formula is C17H19ClN2O2. The van der Waals surface area contributed by atoms with Crippen LogP contribution >= 0.6 is 11.6 Å². The van der Waals surface area contributed by atoms with Crippen molar-refractivity contribution < 1.29 is 9.53 Å². The molecule has 0 aliphatic heterocycles. The van der Waals surface area contributed by atoms with Crippen LogP contribution < -0.4 is 9.64 Å². The van der Waals surface area contributed by atoms with Gasteiger partial charge in [-0.15, -0.1) is 0 Å². The van der Waals surface area contributed by atoms with Crippen LogP contribution in [0.5, 0.6) is 5.75 Å². The van der Waals surface area contributed by atoms with Gasteiger partial charge in [-0.3, -0.25) is 4.90 Å². The molecule has 0 saturated carbocycles. The van der Waals surface area contributed by atoms with Crippen LogP contribution in [-0.4, -0.2) is 39.2 Å². The number of rotatable bonds is 3. The van der Waals surface area contributed by atoms with Crippen LogP contribution in [0.3, 0.4) is 0 Å². The molecule has 0 aliphatic carbocycles. The summed E-state index contributed by atoms with van der Waals surface area (Å²) < 4.78 is 5.37. The first-order chi connectivity index (χ1) is 10.4. The van der Waals surface area contributed by atoms with Gasteiger partial charge >= 0.3 is 6.03 Å². The number of anilines is 1. The molecular weight excluding hydrogens is 300 g/mol. The number of urea groups is 1. The highest BCUT2D eigenvalue weighted by Gasteiger charge is 2.17. The lowest BCUT2D eigenvalue weighted by Gasteiger charge is -2.24. The summed E-state index contributed by atoms with van der Waals surface area (Å²) in [4.78, 5) is 15.3. The highest BCUT2D eigenvalue weighted by atomic mass is 35.5.